The molecule has 0 atom stereocenters. The molecule has 0 fully saturated rings. The topological polar surface area (TPSA) is 79.1 Å². The third-order valence-electron chi connectivity index (χ3n) is 5.73. The minimum Gasteiger partial charge on any atom is -0.294 e. The van der Waals surface area contributed by atoms with E-state index in [4.69, 9.17) is 0 Å². The fourth-order valence-corrected chi connectivity index (χ4v) is 4.18. The number of pyridine rings is 1. The van der Waals surface area contributed by atoms with Crippen LogP contribution in [0.5, 0.6) is 0 Å². The van der Waals surface area contributed by atoms with Gasteiger partial charge in [-0.25, -0.2) is 9.07 Å². The van der Waals surface area contributed by atoms with Crippen molar-refractivity contribution in [3.8, 4) is 5.69 Å². The summed E-state index contributed by atoms with van der Waals surface area (Å²) in [5.74, 6) is -1.44. The van der Waals surface area contributed by atoms with E-state index in [0.717, 1.165) is 5.56 Å². The molecule has 8 heteroatoms. The Morgan fingerprint density at radius 2 is 1.68 bits per heavy atom. The van der Waals surface area contributed by atoms with Gasteiger partial charge in [-0.15, -0.1) is 0 Å². The zero-order valence-electron chi connectivity index (χ0n) is 19.9. The highest BCUT2D eigenvalue weighted by molar-refractivity contribution is 6.44. The molecule has 1 aliphatic rings. The molecule has 3 aromatic rings. The smallest absolute Gasteiger partial charge is 0.294 e. The third kappa shape index (κ3) is 4.00. The largest absolute Gasteiger partial charge is 0.326 e. The number of halogens is 1. The van der Waals surface area contributed by atoms with Crippen LogP contribution >= 0.6 is 0 Å². The number of H-pyrrole nitrogens is 1. The highest BCUT2D eigenvalue weighted by Crippen LogP contribution is 2.32. The maximum atomic E-state index is 13.7. The monoisotopic (exact) mass is 463 g/mol. The summed E-state index contributed by atoms with van der Waals surface area (Å²) in [6.45, 7) is 9.78. The quantitative estimate of drug-likeness (QED) is 0.450. The molecule has 7 nitrogen and oxygen atoms in total. The van der Waals surface area contributed by atoms with Crippen molar-refractivity contribution in [2.45, 2.75) is 40.5 Å². The molecule has 1 aromatic carbocycles. The second kappa shape index (κ2) is 8.85. The molecule has 0 aliphatic carbocycles. The van der Waals surface area contributed by atoms with Crippen molar-refractivity contribution in [3.63, 3.8) is 0 Å². The van der Waals surface area contributed by atoms with Crippen molar-refractivity contribution < 1.29 is 18.5 Å². The number of aromatic nitrogens is 3. The predicted octanol–water partition coefficient (Wildman–Crippen LogP) is 3.42. The molecule has 3 heterocycles. The summed E-state index contributed by atoms with van der Waals surface area (Å²) in [5, 5.41) is 3.09. The minimum atomic E-state index is -0.494. The van der Waals surface area contributed by atoms with Crippen molar-refractivity contribution in [1.82, 2.24) is 14.7 Å². The third-order valence-corrected chi connectivity index (χ3v) is 5.73. The van der Waals surface area contributed by atoms with Crippen LogP contribution in [0.2, 0.25) is 0 Å². The van der Waals surface area contributed by atoms with Gasteiger partial charge in [-0.3, -0.25) is 24.4 Å². The molecule has 176 valence electrons. The number of aryl methyl sites for hydroxylation is 1. The summed E-state index contributed by atoms with van der Waals surface area (Å²) in [5.41, 5.74) is 1.78. The number of aromatic amines is 1. The van der Waals surface area contributed by atoms with Gasteiger partial charge in [-0.05, 0) is 49.1 Å². The molecule has 0 unspecified atom stereocenters. The Hall–Kier alpha value is -3.81. The Morgan fingerprint density at radius 3 is 2.26 bits per heavy atom. The SMILES string of the molecule is Cc1ccc[n+](C2=C(c3c(C(C)C)[nH]n(-c4ccc(F)cc4)c3=O)C(=O)N(CC(C)C)C2=O)c1. The first-order chi connectivity index (χ1) is 16.1. The van der Waals surface area contributed by atoms with Gasteiger partial charge in [0.1, 0.15) is 11.4 Å². The number of hydrogen-bond donors (Lipinski definition) is 1. The summed E-state index contributed by atoms with van der Waals surface area (Å²) in [6.07, 6.45) is 3.46. The van der Waals surface area contributed by atoms with Gasteiger partial charge in [0.2, 0.25) is 0 Å². The highest BCUT2D eigenvalue weighted by atomic mass is 19.1. The van der Waals surface area contributed by atoms with Crippen molar-refractivity contribution in [2.75, 3.05) is 6.54 Å². The summed E-state index contributed by atoms with van der Waals surface area (Å²) in [4.78, 5) is 42.1. The van der Waals surface area contributed by atoms with Crippen LogP contribution in [-0.4, -0.2) is 33.0 Å². The highest BCUT2D eigenvalue weighted by Gasteiger charge is 2.47. The van der Waals surface area contributed by atoms with Crippen LogP contribution in [0.3, 0.4) is 0 Å². The lowest BCUT2D eigenvalue weighted by atomic mass is 9.98. The van der Waals surface area contributed by atoms with E-state index >= 15 is 0 Å². The average molecular weight is 464 g/mol. The number of carbonyl (C=O) groups is 2. The van der Waals surface area contributed by atoms with E-state index in [9.17, 15) is 18.8 Å². The number of benzene rings is 1. The van der Waals surface area contributed by atoms with Gasteiger partial charge in [0.15, 0.2) is 12.4 Å². The van der Waals surface area contributed by atoms with Crippen molar-refractivity contribution in [2.24, 2.45) is 5.92 Å². The number of rotatable bonds is 6. The van der Waals surface area contributed by atoms with Gasteiger partial charge in [0, 0.05) is 23.9 Å². The summed E-state index contributed by atoms with van der Waals surface area (Å²) in [7, 11) is 0. The van der Waals surface area contributed by atoms with E-state index in [2.05, 4.69) is 5.10 Å². The molecule has 4 rings (SSSR count). The van der Waals surface area contributed by atoms with Crippen molar-refractivity contribution in [3.05, 3.63) is 81.8 Å². The second-order valence-electron chi connectivity index (χ2n) is 9.30. The van der Waals surface area contributed by atoms with E-state index in [0.29, 0.717) is 11.4 Å². The number of nitrogens with zero attached hydrogens (tertiary/aromatic N) is 3. The van der Waals surface area contributed by atoms with Gasteiger partial charge in [0.25, 0.3) is 17.2 Å². The zero-order chi connectivity index (χ0) is 24.7. The van der Waals surface area contributed by atoms with E-state index < -0.39 is 23.2 Å². The van der Waals surface area contributed by atoms with E-state index in [-0.39, 0.29) is 35.2 Å². The number of carbonyl (C=O) groups excluding carboxylic acids is 2. The van der Waals surface area contributed by atoms with Crippen LogP contribution in [0.25, 0.3) is 17.0 Å². The molecular weight excluding hydrogens is 435 g/mol. The summed E-state index contributed by atoms with van der Waals surface area (Å²) < 4.78 is 16.4. The lowest BCUT2D eigenvalue weighted by Crippen LogP contribution is -2.41. The molecule has 2 aromatic heterocycles. The first kappa shape index (κ1) is 23.4. The van der Waals surface area contributed by atoms with Crippen molar-refractivity contribution in [1.29, 1.82) is 0 Å². The number of hydrogen-bond acceptors (Lipinski definition) is 3. The Labute approximate surface area is 197 Å². The van der Waals surface area contributed by atoms with Crippen LogP contribution in [0.1, 0.15) is 50.4 Å². The summed E-state index contributed by atoms with van der Waals surface area (Å²) in [6, 6.07) is 9.18. The van der Waals surface area contributed by atoms with Gasteiger partial charge in [-0.1, -0.05) is 27.7 Å². The van der Waals surface area contributed by atoms with Crippen molar-refractivity contribution >= 4 is 23.1 Å². The number of nitrogens with one attached hydrogen (secondary N) is 1. The Morgan fingerprint density at radius 1 is 1.00 bits per heavy atom. The lowest BCUT2D eigenvalue weighted by molar-refractivity contribution is -0.577. The Bertz CT molecular complexity index is 1360. The van der Waals surface area contributed by atoms with Crippen LogP contribution in [0, 0.1) is 18.7 Å². The van der Waals surface area contributed by atoms with Gasteiger partial charge < -0.3 is 0 Å². The first-order valence-corrected chi connectivity index (χ1v) is 11.3. The van der Waals surface area contributed by atoms with E-state index in [1.165, 1.54) is 33.8 Å². The standard InChI is InChI=1S/C26H27FN4O3/c1-15(2)13-30-24(32)21(23(26(30)34)29-12-6-7-17(5)14-29)20-22(16(3)4)28-31(25(20)33)19-10-8-18(27)9-11-19/h6-12,14-16H,13H2,1-5H3/p+1. The van der Waals surface area contributed by atoms with Gasteiger partial charge >= 0.3 is 5.91 Å². The zero-order valence-corrected chi connectivity index (χ0v) is 19.9. The van der Waals surface area contributed by atoms with E-state index in [1.54, 1.807) is 23.0 Å². The molecule has 2 amide bonds. The molecule has 34 heavy (non-hydrogen) atoms. The molecule has 1 aliphatic heterocycles. The maximum Gasteiger partial charge on any atom is 0.326 e. The number of amides is 2. The van der Waals surface area contributed by atoms with Gasteiger partial charge in [-0.2, -0.15) is 4.57 Å². The fourth-order valence-electron chi connectivity index (χ4n) is 4.18. The molecule has 0 spiro atoms. The first-order valence-electron chi connectivity index (χ1n) is 11.3. The van der Waals surface area contributed by atoms with Crippen LogP contribution in [-0.2, 0) is 9.59 Å². The average Bonchev–Trinajstić information content (AvgIpc) is 3.23. The maximum absolute atomic E-state index is 13.7. The van der Waals surface area contributed by atoms with E-state index in [1.807, 2.05) is 40.7 Å². The van der Waals surface area contributed by atoms with Crippen LogP contribution in [0.4, 0.5) is 4.39 Å². The predicted molar refractivity (Wildman–Crippen MR) is 126 cm³/mol. The molecule has 1 N–H and O–H groups in total. The van der Waals surface area contributed by atoms with Crippen LogP contribution < -0.4 is 10.1 Å². The Balaban J connectivity index is 2.02. The number of imide groups is 1. The second-order valence-corrected chi connectivity index (χ2v) is 9.30. The fraction of sp³-hybridized carbons (Fsp3) is 0.308. The van der Waals surface area contributed by atoms with Gasteiger partial charge in [0.05, 0.1) is 11.3 Å². The molecule has 0 bridgehead atoms. The normalized spacial score (nSPS) is 14.3. The lowest BCUT2D eigenvalue weighted by Gasteiger charge is -2.16. The Kier molecular flexibility index (Phi) is 6.08. The molecule has 0 saturated carbocycles. The van der Waals surface area contributed by atoms with Crippen LogP contribution in [0.15, 0.2) is 53.6 Å². The molecule has 0 radical (unpaired) electrons. The minimum absolute atomic E-state index is 0.0580. The molecular formula is C26H28FN4O3+. The molecule has 0 saturated heterocycles. The summed E-state index contributed by atoms with van der Waals surface area (Å²) >= 11 is 0.